The first-order valence-electron chi connectivity index (χ1n) is 10.3. The van der Waals surface area contributed by atoms with E-state index in [-0.39, 0.29) is 29.5 Å². The van der Waals surface area contributed by atoms with Gasteiger partial charge in [0.1, 0.15) is 23.3 Å². The maximum Gasteiger partial charge on any atom is 0.586 e. The van der Waals surface area contributed by atoms with Crippen molar-refractivity contribution in [3.63, 3.8) is 0 Å². The third kappa shape index (κ3) is 3.79. The topological polar surface area (TPSA) is 146 Å². The number of nitrogens with zero attached hydrogens (tertiary/aromatic N) is 2. The molecule has 4 aliphatic rings. The van der Waals surface area contributed by atoms with E-state index >= 15 is 0 Å². The molecule has 3 fully saturated rings. The van der Waals surface area contributed by atoms with Crippen molar-refractivity contribution in [1.82, 2.24) is 10.3 Å². The molecule has 3 N–H and O–H groups in total. The minimum atomic E-state index is -3.73. The van der Waals surface area contributed by atoms with E-state index in [4.69, 9.17) is 20.5 Å². The van der Waals surface area contributed by atoms with Gasteiger partial charge in [0.15, 0.2) is 24.2 Å². The molecule has 10 nitrogen and oxygen atoms in total. The molecule has 0 radical (unpaired) electrons. The molecular weight excluding hydrogens is 454 g/mol. The van der Waals surface area contributed by atoms with Crippen LogP contribution in [0.5, 0.6) is 23.0 Å². The Morgan fingerprint density at radius 2 is 1.88 bits per heavy atom. The molecule has 3 saturated carbocycles. The minimum Gasteiger partial charge on any atom is -0.484 e. The van der Waals surface area contributed by atoms with Crippen molar-refractivity contribution in [2.75, 3.05) is 6.61 Å². The van der Waals surface area contributed by atoms with E-state index in [1.807, 2.05) is 6.07 Å². The molecule has 0 saturated heterocycles. The number of nitrogens with one attached hydrogen (secondary N) is 1. The first-order chi connectivity index (χ1) is 16.1. The number of amides is 2. The highest BCUT2D eigenvalue weighted by Crippen LogP contribution is 2.69. The lowest BCUT2D eigenvalue weighted by Gasteiger charge is -2.71. The number of nitriles is 1. The molecule has 1 atom stereocenters. The monoisotopic (exact) mass is 472 g/mol. The molecule has 12 heteroatoms. The van der Waals surface area contributed by atoms with Crippen LogP contribution in [0.25, 0.3) is 0 Å². The molecule has 34 heavy (non-hydrogen) atoms. The van der Waals surface area contributed by atoms with Crippen molar-refractivity contribution in [2.45, 2.75) is 37.2 Å². The largest absolute Gasteiger partial charge is 0.586 e. The third-order valence-corrected chi connectivity index (χ3v) is 6.14. The van der Waals surface area contributed by atoms with Gasteiger partial charge in [-0.3, -0.25) is 9.59 Å². The number of ether oxygens (including phenoxy) is 4. The Labute approximate surface area is 191 Å². The summed E-state index contributed by atoms with van der Waals surface area (Å²) >= 11 is 0. The number of hydrogen-bond acceptors (Lipinski definition) is 8. The van der Waals surface area contributed by atoms with Crippen LogP contribution in [-0.4, -0.2) is 41.3 Å². The molecule has 1 aromatic carbocycles. The quantitative estimate of drug-likeness (QED) is 0.590. The fourth-order valence-corrected chi connectivity index (χ4v) is 4.91. The summed E-state index contributed by atoms with van der Waals surface area (Å²) in [6.45, 7) is -0.336. The summed E-state index contributed by atoms with van der Waals surface area (Å²) in [6.07, 6.45) is -1.77. The van der Waals surface area contributed by atoms with Crippen LogP contribution in [0.2, 0.25) is 0 Å². The number of halogens is 2. The number of benzene rings is 1. The average Bonchev–Trinajstić information content (AvgIpc) is 3.05. The predicted octanol–water partition coefficient (Wildman–Crippen LogP) is 1.63. The fraction of sp³-hybridized carbons (Fsp3) is 0.364. The second kappa shape index (κ2) is 7.44. The average molecular weight is 472 g/mol. The molecule has 3 aliphatic carbocycles. The standard InChI is InChI=1S/C22H18F2N4O6/c23-22(24)33-15-4-3-13(5-16(15)34-22)31-8-17(29)28-21-9-20(10-21,11-21)18(19(26)30)32-14-2-1-12(6-25)27-7-14/h1-5,7,18H,8-11H2,(H2,26,30)(H,28,29). The van der Waals surface area contributed by atoms with Crippen molar-refractivity contribution in [3.05, 3.63) is 42.2 Å². The Hall–Kier alpha value is -4.14. The van der Waals surface area contributed by atoms with Crippen LogP contribution in [-0.2, 0) is 9.59 Å². The summed E-state index contributed by atoms with van der Waals surface area (Å²) < 4.78 is 46.0. The van der Waals surface area contributed by atoms with Crippen LogP contribution < -0.4 is 30.0 Å². The second-order valence-corrected chi connectivity index (χ2v) is 8.68. The van der Waals surface area contributed by atoms with E-state index in [0.717, 1.165) is 0 Å². The number of alkyl halides is 2. The smallest absolute Gasteiger partial charge is 0.484 e. The second-order valence-electron chi connectivity index (χ2n) is 8.68. The summed E-state index contributed by atoms with van der Waals surface area (Å²) in [5.74, 6) is -0.837. The maximum atomic E-state index is 13.1. The van der Waals surface area contributed by atoms with Gasteiger partial charge < -0.3 is 30.0 Å². The van der Waals surface area contributed by atoms with E-state index in [0.29, 0.717) is 25.0 Å². The minimum absolute atomic E-state index is 0.121. The van der Waals surface area contributed by atoms with Crippen LogP contribution >= 0.6 is 0 Å². The molecule has 6 rings (SSSR count). The SMILES string of the molecule is N#Cc1ccc(OC(C(N)=O)C23CC(NC(=O)COc4ccc5c(c4)OC(F)(F)O5)(C2)C3)cn1. The van der Waals surface area contributed by atoms with Crippen molar-refractivity contribution in [1.29, 1.82) is 5.26 Å². The molecule has 2 amide bonds. The molecular formula is C22H18F2N4O6. The van der Waals surface area contributed by atoms with Crippen molar-refractivity contribution >= 4 is 11.8 Å². The van der Waals surface area contributed by atoms with Gasteiger partial charge in [-0.25, -0.2) is 4.98 Å². The van der Waals surface area contributed by atoms with Gasteiger partial charge in [0.2, 0.25) is 0 Å². The summed E-state index contributed by atoms with van der Waals surface area (Å²) in [5, 5.41) is 11.7. The number of aromatic nitrogens is 1. The number of pyridine rings is 1. The number of carbonyl (C=O) groups is 2. The predicted molar refractivity (Wildman–Crippen MR) is 108 cm³/mol. The lowest BCUT2D eigenvalue weighted by atomic mass is 9.37. The zero-order chi connectivity index (χ0) is 24.1. The zero-order valence-corrected chi connectivity index (χ0v) is 17.5. The Morgan fingerprint density at radius 3 is 2.53 bits per heavy atom. The van der Waals surface area contributed by atoms with E-state index in [1.165, 1.54) is 30.5 Å². The molecule has 1 unspecified atom stereocenters. The van der Waals surface area contributed by atoms with Gasteiger partial charge >= 0.3 is 6.29 Å². The van der Waals surface area contributed by atoms with Crippen LogP contribution in [0.15, 0.2) is 36.5 Å². The molecule has 2 heterocycles. The van der Waals surface area contributed by atoms with Gasteiger partial charge in [0.05, 0.1) is 6.20 Å². The number of fused-ring (bicyclic) bond motifs is 1. The van der Waals surface area contributed by atoms with Gasteiger partial charge in [-0.2, -0.15) is 5.26 Å². The van der Waals surface area contributed by atoms with E-state index in [1.54, 1.807) is 6.07 Å². The number of rotatable bonds is 8. The lowest BCUT2D eigenvalue weighted by Crippen LogP contribution is -2.80. The fourth-order valence-electron chi connectivity index (χ4n) is 4.91. The highest BCUT2D eigenvalue weighted by molar-refractivity contribution is 5.83. The Kier molecular flexibility index (Phi) is 4.75. The van der Waals surface area contributed by atoms with Crippen LogP contribution in [0.3, 0.4) is 0 Å². The maximum absolute atomic E-state index is 13.1. The zero-order valence-electron chi connectivity index (χ0n) is 17.5. The van der Waals surface area contributed by atoms with Gasteiger partial charge in [0, 0.05) is 17.0 Å². The Balaban J connectivity index is 1.13. The van der Waals surface area contributed by atoms with E-state index in [9.17, 15) is 18.4 Å². The lowest BCUT2D eigenvalue weighted by molar-refractivity contribution is -0.286. The first kappa shape index (κ1) is 21.7. The Morgan fingerprint density at radius 1 is 1.18 bits per heavy atom. The van der Waals surface area contributed by atoms with Crippen molar-refractivity contribution < 1.29 is 37.3 Å². The number of nitrogens with two attached hydrogens (primary N) is 1. The number of primary amides is 1. The number of hydrogen-bond donors (Lipinski definition) is 2. The highest BCUT2D eigenvalue weighted by atomic mass is 19.3. The van der Waals surface area contributed by atoms with Gasteiger partial charge in [-0.1, -0.05) is 0 Å². The van der Waals surface area contributed by atoms with Crippen molar-refractivity contribution in [2.24, 2.45) is 11.1 Å². The first-order valence-corrected chi connectivity index (χ1v) is 10.3. The normalized spacial score (nSPS) is 25.7. The molecule has 176 valence electrons. The molecule has 1 aromatic heterocycles. The van der Waals surface area contributed by atoms with Crippen LogP contribution in [0.1, 0.15) is 25.0 Å². The summed E-state index contributed by atoms with van der Waals surface area (Å²) in [4.78, 5) is 28.3. The van der Waals surface area contributed by atoms with Crippen LogP contribution in [0.4, 0.5) is 8.78 Å². The highest BCUT2D eigenvalue weighted by Gasteiger charge is 2.73. The Bertz CT molecular complexity index is 1190. The number of carbonyl (C=O) groups excluding carboxylic acids is 2. The van der Waals surface area contributed by atoms with Crippen LogP contribution in [0, 0.1) is 16.7 Å². The van der Waals surface area contributed by atoms with Crippen molar-refractivity contribution in [3.8, 4) is 29.1 Å². The molecule has 0 spiro atoms. The molecule has 2 aromatic rings. The van der Waals surface area contributed by atoms with Gasteiger partial charge in [-0.15, -0.1) is 8.78 Å². The molecule has 2 bridgehead atoms. The molecule has 1 aliphatic heterocycles. The van der Waals surface area contributed by atoms with E-state index in [2.05, 4.69) is 19.8 Å². The van der Waals surface area contributed by atoms with Gasteiger partial charge in [-0.05, 0) is 43.5 Å². The third-order valence-electron chi connectivity index (χ3n) is 6.14. The summed E-state index contributed by atoms with van der Waals surface area (Å²) in [5.41, 5.74) is 4.82. The van der Waals surface area contributed by atoms with E-state index < -0.39 is 35.2 Å². The summed E-state index contributed by atoms with van der Waals surface area (Å²) in [7, 11) is 0. The summed E-state index contributed by atoms with van der Waals surface area (Å²) in [6, 6.07) is 8.78. The van der Waals surface area contributed by atoms with Gasteiger partial charge in [0.25, 0.3) is 11.8 Å².